The van der Waals surface area contributed by atoms with Gasteiger partial charge in [0.25, 0.3) is 6.29 Å². The normalized spacial score (nSPS) is 11.6. The first-order valence-electron chi connectivity index (χ1n) is 10.5. The van der Waals surface area contributed by atoms with Crippen molar-refractivity contribution < 1.29 is 55.5 Å². The predicted molar refractivity (Wildman–Crippen MR) is 133 cm³/mol. The maximum Gasteiger partial charge on any atom is 0.348 e. The number of benzene rings is 1. The molecule has 0 heterocycles. The van der Waals surface area contributed by atoms with Crippen molar-refractivity contribution in [1.82, 2.24) is 0 Å². The van der Waals surface area contributed by atoms with E-state index >= 15 is 0 Å². The summed E-state index contributed by atoms with van der Waals surface area (Å²) in [4.78, 5) is 71.2. The van der Waals surface area contributed by atoms with E-state index in [0.29, 0.717) is 5.56 Å². The lowest BCUT2D eigenvalue weighted by Gasteiger charge is -2.22. The van der Waals surface area contributed by atoms with E-state index in [9.17, 15) is 28.8 Å². The number of carbonyl (C=O) groups is 6. The molecule has 13 heteroatoms. The summed E-state index contributed by atoms with van der Waals surface area (Å²) >= 11 is 1.35. The predicted octanol–water partition coefficient (Wildman–Crippen LogP) is 2.38. The highest BCUT2D eigenvalue weighted by atomic mass is 127. The molecule has 12 nitrogen and oxygen atoms in total. The van der Waals surface area contributed by atoms with Crippen molar-refractivity contribution in [1.29, 1.82) is 0 Å². The van der Waals surface area contributed by atoms with Gasteiger partial charge >= 0.3 is 35.8 Å². The molecule has 1 aromatic carbocycles. The van der Waals surface area contributed by atoms with Crippen LogP contribution in [0.3, 0.4) is 0 Å². The van der Waals surface area contributed by atoms with E-state index in [1.165, 1.54) is 23.0 Å². The van der Waals surface area contributed by atoms with Gasteiger partial charge in [-0.2, -0.15) is 0 Å². The third kappa shape index (κ3) is 12.2. The third-order valence-electron chi connectivity index (χ3n) is 4.11. The summed E-state index contributed by atoms with van der Waals surface area (Å²) in [5.41, 5.74) is -0.0567. The van der Waals surface area contributed by atoms with E-state index in [-0.39, 0.29) is 16.7 Å². The van der Waals surface area contributed by atoms with Gasteiger partial charge < -0.3 is 26.8 Å². The summed E-state index contributed by atoms with van der Waals surface area (Å²) in [6.07, 6.45) is -0.972. The number of hydrogen-bond donors (Lipinski definition) is 0. The van der Waals surface area contributed by atoms with Crippen LogP contribution >= 0.6 is 23.0 Å². The van der Waals surface area contributed by atoms with Crippen LogP contribution in [0.4, 0.5) is 0 Å². The zero-order valence-corrected chi connectivity index (χ0v) is 22.6. The van der Waals surface area contributed by atoms with Crippen LogP contribution in [0.2, 0.25) is 0 Å². The van der Waals surface area contributed by atoms with Crippen LogP contribution in [-0.2, 0) is 55.5 Å². The van der Waals surface area contributed by atoms with Crippen LogP contribution in [0.5, 0.6) is 0 Å². The van der Waals surface area contributed by atoms with Crippen LogP contribution in [0.1, 0.15) is 33.3 Å². The fourth-order valence-electron chi connectivity index (χ4n) is 2.65. The Kier molecular flexibility index (Phi) is 13.6. The Balaban J connectivity index is 3.56. The minimum absolute atomic E-state index is 0.0393. The van der Waals surface area contributed by atoms with Crippen LogP contribution in [0.25, 0.3) is 5.57 Å². The largest absolute Gasteiger partial charge is 0.461 e. The molecule has 37 heavy (non-hydrogen) atoms. The molecule has 0 aromatic heterocycles. The number of hydrogen-bond acceptors (Lipinski definition) is 12. The Morgan fingerprint density at radius 3 is 1.73 bits per heavy atom. The number of esters is 5. The van der Waals surface area contributed by atoms with Crippen molar-refractivity contribution in [2.75, 3.05) is 19.8 Å². The Morgan fingerprint density at radius 2 is 1.27 bits per heavy atom. The van der Waals surface area contributed by atoms with Gasteiger partial charge in [-0.25, -0.2) is 9.59 Å². The van der Waals surface area contributed by atoms with Gasteiger partial charge in [-0.15, -0.1) is 0 Å². The van der Waals surface area contributed by atoms with E-state index in [1.807, 2.05) is 0 Å². The van der Waals surface area contributed by atoms with Gasteiger partial charge in [0.15, 0.2) is 23.0 Å². The van der Waals surface area contributed by atoms with Crippen LogP contribution in [0.15, 0.2) is 47.6 Å². The highest BCUT2D eigenvalue weighted by Gasteiger charge is 2.31. The van der Waals surface area contributed by atoms with Crippen LogP contribution in [-0.4, -0.2) is 61.9 Å². The third-order valence-corrected chi connectivity index (χ3v) is 4.51. The first kappa shape index (κ1) is 31.3. The molecular formula is C24H25IO12. The van der Waals surface area contributed by atoms with E-state index < -0.39 is 61.9 Å². The maximum absolute atomic E-state index is 12.8. The summed E-state index contributed by atoms with van der Waals surface area (Å²) in [7, 11) is 0. The number of rotatable bonds is 12. The Bertz CT molecular complexity index is 1050. The van der Waals surface area contributed by atoms with E-state index in [0.717, 1.165) is 33.8 Å². The average Bonchev–Trinajstić information content (AvgIpc) is 2.82. The topological polar surface area (TPSA) is 158 Å². The van der Waals surface area contributed by atoms with E-state index in [4.69, 9.17) is 26.8 Å². The van der Waals surface area contributed by atoms with Gasteiger partial charge in [0.1, 0.15) is 19.8 Å². The smallest absolute Gasteiger partial charge is 0.348 e. The van der Waals surface area contributed by atoms with Gasteiger partial charge in [0, 0.05) is 39.3 Å². The van der Waals surface area contributed by atoms with Gasteiger partial charge in [-0.3, -0.25) is 19.2 Å². The van der Waals surface area contributed by atoms with Crippen LogP contribution < -0.4 is 0 Å². The molecule has 1 aromatic rings. The summed E-state index contributed by atoms with van der Waals surface area (Å²) in [6.45, 7) is 3.02. The molecule has 0 saturated heterocycles. The minimum Gasteiger partial charge on any atom is -0.461 e. The molecule has 0 N–H and O–H groups in total. The van der Waals surface area contributed by atoms with Crippen molar-refractivity contribution in [3.63, 3.8) is 0 Å². The van der Waals surface area contributed by atoms with Crippen molar-refractivity contribution >= 4 is 64.4 Å². The van der Waals surface area contributed by atoms with Crippen molar-refractivity contribution in [2.24, 2.45) is 0 Å². The zero-order chi connectivity index (χ0) is 28.0. The fourth-order valence-corrected chi connectivity index (χ4v) is 2.87. The molecule has 1 unspecified atom stereocenters. The van der Waals surface area contributed by atoms with Crippen molar-refractivity contribution in [3.05, 3.63) is 53.1 Å². The van der Waals surface area contributed by atoms with Crippen molar-refractivity contribution in [3.8, 4) is 0 Å². The molecule has 200 valence electrons. The van der Waals surface area contributed by atoms with Crippen molar-refractivity contribution in [2.45, 2.75) is 34.0 Å². The molecule has 0 saturated carbocycles. The lowest BCUT2D eigenvalue weighted by molar-refractivity contribution is -0.177. The van der Waals surface area contributed by atoms with Gasteiger partial charge in [-0.1, -0.05) is 30.3 Å². The SMILES string of the molecule is CC(=O)OCC(=CC(=O)OC(OC(C)=O)C(COC(C)=O)=C(C(=O)OI)c1ccccc1)COC(C)=O. The number of ether oxygens (including phenoxy) is 5. The maximum atomic E-state index is 12.8. The lowest BCUT2D eigenvalue weighted by atomic mass is 9.99. The van der Waals surface area contributed by atoms with E-state index in [1.54, 1.807) is 30.3 Å². The van der Waals surface area contributed by atoms with Crippen LogP contribution in [0, 0.1) is 0 Å². The molecule has 0 spiro atoms. The second-order valence-electron chi connectivity index (χ2n) is 7.15. The second-order valence-corrected chi connectivity index (χ2v) is 7.59. The first-order valence-corrected chi connectivity index (χ1v) is 11.4. The Morgan fingerprint density at radius 1 is 0.757 bits per heavy atom. The molecule has 0 amide bonds. The summed E-state index contributed by atoms with van der Waals surface area (Å²) in [6, 6.07) is 8.00. The molecular weight excluding hydrogens is 607 g/mol. The van der Waals surface area contributed by atoms with E-state index in [2.05, 4.69) is 0 Å². The second kappa shape index (κ2) is 16.1. The monoisotopic (exact) mass is 632 g/mol. The Labute approximate surface area is 226 Å². The van der Waals surface area contributed by atoms with Gasteiger partial charge in [0.05, 0.1) is 11.1 Å². The molecule has 0 fully saturated rings. The molecule has 0 radical (unpaired) electrons. The standard InChI is InChI=1S/C24H25IO12/c1-14(26)32-11-18(12-33-15(2)27)10-21(30)36-24(35-17(4)29)20(13-34-16(3)28)22(23(31)37-25)19-8-6-5-7-9-19/h5-10,24H,11-13H2,1-4H3. The quantitative estimate of drug-likeness (QED) is 0.109. The highest BCUT2D eigenvalue weighted by molar-refractivity contribution is 14.1. The molecule has 0 aliphatic rings. The summed E-state index contributed by atoms with van der Waals surface area (Å²) in [5.74, 6) is -4.95. The minimum atomic E-state index is -1.84. The van der Waals surface area contributed by atoms with Gasteiger partial charge in [0.2, 0.25) is 0 Å². The highest BCUT2D eigenvalue weighted by Crippen LogP contribution is 2.26. The Hall–Kier alpha value is -3.75. The molecule has 0 bridgehead atoms. The summed E-state index contributed by atoms with van der Waals surface area (Å²) < 4.78 is 30.0. The summed E-state index contributed by atoms with van der Waals surface area (Å²) in [5, 5.41) is 0. The molecule has 0 aliphatic carbocycles. The fraction of sp³-hybridized carbons (Fsp3) is 0.333. The number of halogens is 1. The zero-order valence-electron chi connectivity index (χ0n) is 20.4. The van der Waals surface area contributed by atoms with Gasteiger partial charge in [-0.05, 0) is 5.56 Å². The molecule has 1 rings (SSSR count). The number of carbonyl (C=O) groups excluding carboxylic acids is 6. The first-order chi connectivity index (χ1) is 17.4. The molecule has 1 atom stereocenters. The molecule has 0 aliphatic heterocycles. The lowest BCUT2D eigenvalue weighted by Crippen LogP contribution is -2.30. The average molecular weight is 632 g/mol.